The van der Waals surface area contributed by atoms with E-state index in [9.17, 15) is 9.90 Å². The highest BCUT2D eigenvalue weighted by atomic mass is 35.5. The van der Waals surface area contributed by atoms with Gasteiger partial charge in [-0.15, -0.1) is 11.6 Å². The Morgan fingerprint density at radius 1 is 1.29 bits per heavy atom. The van der Waals surface area contributed by atoms with Crippen LogP contribution in [0.5, 0.6) is 0 Å². The Morgan fingerprint density at radius 2 is 1.88 bits per heavy atom. The van der Waals surface area contributed by atoms with Crippen molar-refractivity contribution in [1.29, 1.82) is 0 Å². The quantitative estimate of drug-likeness (QED) is 0.820. The summed E-state index contributed by atoms with van der Waals surface area (Å²) in [4.78, 5) is 13.9. The van der Waals surface area contributed by atoms with Crippen molar-refractivity contribution in [3.8, 4) is 0 Å². The standard InChI is InChI=1S/C13H16ClNO2/c14-9-10-1-3-11(4-2-10)13(17)15-7-5-12(16)6-8-15/h1-4,12,16H,5-9H2. The van der Waals surface area contributed by atoms with Crippen molar-refractivity contribution in [3.63, 3.8) is 0 Å². The fourth-order valence-electron chi connectivity index (χ4n) is 1.99. The lowest BCUT2D eigenvalue weighted by Crippen LogP contribution is -2.40. The highest BCUT2D eigenvalue weighted by molar-refractivity contribution is 6.17. The number of nitrogens with zero attached hydrogens (tertiary/aromatic N) is 1. The second-order valence-electron chi connectivity index (χ2n) is 4.35. The van der Waals surface area contributed by atoms with Crippen molar-refractivity contribution < 1.29 is 9.90 Å². The Labute approximate surface area is 106 Å². The van der Waals surface area contributed by atoms with Crippen molar-refractivity contribution in [3.05, 3.63) is 35.4 Å². The van der Waals surface area contributed by atoms with Gasteiger partial charge in [0.1, 0.15) is 0 Å². The van der Waals surface area contributed by atoms with Crippen LogP contribution in [0, 0.1) is 0 Å². The number of carbonyl (C=O) groups excluding carboxylic acids is 1. The normalized spacial score (nSPS) is 17.2. The van der Waals surface area contributed by atoms with Crippen LogP contribution in [0.15, 0.2) is 24.3 Å². The predicted molar refractivity (Wildman–Crippen MR) is 67.1 cm³/mol. The molecule has 2 rings (SSSR count). The number of aliphatic hydroxyl groups is 1. The summed E-state index contributed by atoms with van der Waals surface area (Å²) in [5, 5.41) is 9.39. The fraction of sp³-hybridized carbons (Fsp3) is 0.462. The summed E-state index contributed by atoms with van der Waals surface area (Å²) in [5.41, 5.74) is 1.70. The Hall–Kier alpha value is -1.06. The number of hydrogen-bond acceptors (Lipinski definition) is 2. The summed E-state index contributed by atoms with van der Waals surface area (Å²) in [7, 11) is 0. The van der Waals surface area contributed by atoms with Gasteiger partial charge in [0.15, 0.2) is 0 Å². The molecule has 4 heteroatoms. The fourth-order valence-corrected chi connectivity index (χ4v) is 2.17. The summed E-state index contributed by atoms with van der Waals surface area (Å²) >= 11 is 5.70. The predicted octanol–water partition coefficient (Wildman–Crippen LogP) is 2.02. The first-order chi connectivity index (χ1) is 8.20. The maximum atomic E-state index is 12.1. The topological polar surface area (TPSA) is 40.5 Å². The minimum atomic E-state index is -0.252. The third-order valence-electron chi connectivity index (χ3n) is 3.11. The zero-order chi connectivity index (χ0) is 12.3. The largest absolute Gasteiger partial charge is 0.393 e. The van der Waals surface area contributed by atoms with Crippen molar-refractivity contribution >= 4 is 17.5 Å². The molecule has 0 bridgehead atoms. The van der Waals surface area contributed by atoms with Crippen LogP contribution < -0.4 is 0 Å². The van der Waals surface area contributed by atoms with E-state index in [1.54, 1.807) is 4.90 Å². The average Bonchev–Trinajstić information content (AvgIpc) is 2.39. The molecule has 1 fully saturated rings. The van der Waals surface area contributed by atoms with E-state index in [1.165, 1.54) is 0 Å². The molecule has 0 unspecified atom stereocenters. The number of rotatable bonds is 2. The molecular formula is C13H16ClNO2. The van der Waals surface area contributed by atoms with Crippen molar-refractivity contribution in [2.24, 2.45) is 0 Å². The van der Waals surface area contributed by atoms with Gasteiger partial charge >= 0.3 is 0 Å². The Balaban J connectivity index is 2.03. The first-order valence-electron chi connectivity index (χ1n) is 5.83. The molecule has 17 heavy (non-hydrogen) atoms. The summed E-state index contributed by atoms with van der Waals surface area (Å²) in [5.74, 6) is 0.503. The van der Waals surface area contributed by atoms with Gasteiger partial charge < -0.3 is 10.0 Å². The van der Waals surface area contributed by atoms with Gasteiger partial charge in [0.05, 0.1) is 6.10 Å². The van der Waals surface area contributed by atoms with Gasteiger partial charge in [0.2, 0.25) is 0 Å². The van der Waals surface area contributed by atoms with E-state index in [0.29, 0.717) is 37.4 Å². The van der Waals surface area contributed by atoms with Gasteiger partial charge in [-0.3, -0.25) is 4.79 Å². The molecule has 0 radical (unpaired) electrons. The zero-order valence-electron chi connectivity index (χ0n) is 9.60. The molecule has 0 saturated carbocycles. The number of aliphatic hydroxyl groups excluding tert-OH is 1. The van der Waals surface area contributed by atoms with Gasteiger partial charge in [-0.05, 0) is 30.5 Å². The molecule has 1 N–H and O–H groups in total. The molecule has 1 aliphatic rings. The Kier molecular flexibility index (Phi) is 4.02. The van der Waals surface area contributed by atoms with Crippen LogP contribution in [0.3, 0.4) is 0 Å². The number of halogens is 1. The molecule has 0 aliphatic carbocycles. The molecule has 1 heterocycles. The molecule has 1 aromatic rings. The molecule has 1 aliphatic heterocycles. The lowest BCUT2D eigenvalue weighted by Gasteiger charge is -2.29. The minimum absolute atomic E-state index is 0.0398. The van der Waals surface area contributed by atoms with Gasteiger partial charge in [0.25, 0.3) is 5.91 Å². The maximum Gasteiger partial charge on any atom is 0.253 e. The number of benzene rings is 1. The molecule has 0 aromatic heterocycles. The molecule has 1 saturated heterocycles. The van der Waals surface area contributed by atoms with E-state index in [0.717, 1.165) is 5.56 Å². The van der Waals surface area contributed by atoms with Crippen LogP contribution >= 0.6 is 11.6 Å². The number of piperidine rings is 1. The number of amides is 1. The lowest BCUT2D eigenvalue weighted by molar-refractivity contribution is 0.0546. The van der Waals surface area contributed by atoms with Crippen LogP contribution in [0.4, 0.5) is 0 Å². The van der Waals surface area contributed by atoms with Gasteiger partial charge in [-0.1, -0.05) is 12.1 Å². The van der Waals surface area contributed by atoms with E-state index in [-0.39, 0.29) is 12.0 Å². The average molecular weight is 254 g/mol. The van der Waals surface area contributed by atoms with Crippen LogP contribution in [-0.2, 0) is 5.88 Å². The summed E-state index contributed by atoms with van der Waals surface area (Å²) in [6.07, 6.45) is 1.09. The SMILES string of the molecule is O=C(c1ccc(CCl)cc1)N1CCC(O)CC1. The summed E-state index contributed by atoms with van der Waals surface area (Å²) < 4.78 is 0. The number of carbonyl (C=O) groups is 1. The smallest absolute Gasteiger partial charge is 0.253 e. The summed E-state index contributed by atoms with van der Waals surface area (Å²) in [6, 6.07) is 7.37. The second kappa shape index (κ2) is 5.52. The van der Waals surface area contributed by atoms with Crippen LogP contribution in [-0.4, -0.2) is 35.1 Å². The highest BCUT2D eigenvalue weighted by Gasteiger charge is 2.21. The first kappa shape index (κ1) is 12.4. The Bertz CT molecular complexity index is 383. The van der Waals surface area contributed by atoms with E-state index < -0.39 is 0 Å². The van der Waals surface area contributed by atoms with Crippen LogP contribution in [0.1, 0.15) is 28.8 Å². The number of alkyl halides is 1. The van der Waals surface area contributed by atoms with E-state index >= 15 is 0 Å². The van der Waals surface area contributed by atoms with Gasteiger partial charge in [-0.25, -0.2) is 0 Å². The van der Waals surface area contributed by atoms with E-state index in [4.69, 9.17) is 11.6 Å². The molecule has 3 nitrogen and oxygen atoms in total. The van der Waals surface area contributed by atoms with Crippen molar-refractivity contribution in [2.75, 3.05) is 13.1 Å². The minimum Gasteiger partial charge on any atom is -0.393 e. The highest BCUT2D eigenvalue weighted by Crippen LogP contribution is 2.14. The first-order valence-corrected chi connectivity index (χ1v) is 6.36. The third-order valence-corrected chi connectivity index (χ3v) is 3.42. The maximum absolute atomic E-state index is 12.1. The van der Waals surface area contributed by atoms with Crippen LogP contribution in [0.25, 0.3) is 0 Å². The van der Waals surface area contributed by atoms with E-state index in [1.807, 2.05) is 24.3 Å². The molecule has 1 aromatic carbocycles. The molecule has 0 spiro atoms. The van der Waals surface area contributed by atoms with Gasteiger partial charge in [0, 0.05) is 24.5 Å². The van der Waals surface area contributed by atoms with Crippen molar-refractivity contribution in [1.82, 2.24) is 4.90 Å². The molecule has 0 atom stereocenters. The molecular weight excluding hydrogens is 238 g/mol. The monoisotopic (exact) mass is 253 g/mol. The number of likely N-dealkylation sites (tertiary alicyclic amines) is 1. The van der Waals surface area contributed by atoms with Crippen LogP contribution in [0.2, 0.25) is 0 Å². The number of hydrogen-bond donors (Lipinski definition) is 1. The second-order valence-corrected chi connectivity index (χ2v) is 4.62. The van der Waals surface area contributed by atoms with Gasteiger partial charge in [-0.2, -0.15) is 0 Å². The summed E-state index contributed by atoms with van der Waals surface area (Å²) in [6.45, 7) is 1.27. The molecule has 92 valence electrons. The lowest BCUT2D eigenvalue weighted by atomic mass is 10.1. The Morgan fingerprint density at radius 3 is 2.41 bits per heavy atom. The van der Waals surface area contributed by atoms with E-state index in [2.05, 4.69) is 0 Å². The molecule has 1 amide bonds. The zero-order valence-corrected chi connectivity index (χ0v) is 10.4. The third kappa shape index (κ3) is 2.99. The van der Waals surface area contributed by atoms with Crippen molar-refractivity contribution in [2.45, 2.75) is 24.8 Å².